The van der Waals surface area contributed by atoms with Gasteiger partial charge in [-0.05, 0) is 38.3 Å². The quantitative estimate of drug-likeness (QED) is 0.623. The van der Waals surface area contributed by atoms with Crippen LogP contribution < -0.4 is 0 Å². The molecule has 0 aromatic rings. The minimum atomic E-state index is 0.202. The zero-order valence-corrected chi connectivity index (χ0v) is 8.83. The van der Waals surface area contributed by atoms with Crippen molar-refractivity contribution in [3.05, 3.63) is 0 Å². The lowest BCUT2D eigenvalue weighted by Crippen LogP contribution is -2.30. The van der Waals surface area contributed by atoms with Gasteiger partial charge in [-0.3, -0.25) is 0 Å². The third-order valence-electron chi connectivity index (χ3n) is 2.89. The maximum Gasteiger partial charge on any atom is 0.124 e. The van der Waals surface area contributed by atoms with Crippen molar-refractivity contribution in [3.8, 4) is 0 Å². The van der Waals surface area contributed by atoms with E-state index in [1.807, 2.05) is 6.92 Å². The van der Waals surface area contributed by atoms with E-state index >= 15 is 0 Å². The third-order valence-corrected chi connectivity index (χ3v) is 2.89. The van der Waals surface area contributed by atoms with Gasteiger partial charge < -0.3 is 9.69 Å². The van der Waals surface area contributed by atoms with Crippen molar-refractivity contribution in [1.82, 2.24) is 4.90 Å². The standard InChI is InChI=1S/C11H21NO/c1-10-4-3-6-12(7-5-10)8-11(2)9-13/h9-11H,3-8H2,1-2H3. The van der Waals surface area contributed by atoms with Crippen molar-refractivity contribution in [2.24, 2.45) is 11.8 Å². The molecule has 13 heavy (non-hydrogen) atoms. The van der Waals surface area contributed by atoms with Crippen LogP contribution in [0.3, 0.4) is 0 Å². The lowest BCUT2D eigenvalue weighted by molar-refractivity contribution is -0.111. The number of rotatable bonds is 3. The van der Waals surface area contributed by atoms with Crippen LogP contribution in [0.25, 0.3) is 0 Å². The number of aldehydes is 1. The van der Waals surface area contributed by atoms with E-state index in [2.05, 4.69) is 11.8 Å². The highest BCUT2D eigenvalue weighted by atomic mass is 16.1. The fourth-order valence-corrected chi connectivity index (χ4v) is 1.96. The van der Waals surface area contributed by atoms with E-state index in [-0.39, 0.29) is 5.92 Å². The Hall–Kier alpha value is -0.370. The van der Waals surface area contributed by atoms with Gasteiger partial charge in [0.05, 0.1) is 0 Å². The Morgan fingerprint density at radius 2 is 2.23 bits per heavy atom. The van der Waals surface area contributed by atoms with Gasteiger partial charge in [-0.2, -0.15) is 0 Å². The molecule has 0 amide bonds. The topological polar surface area (TPSA) is 20.3 Å². The Bertz CT molecular complexity index is 158. The summed E-state index contributed by atoms with van der Waals surface area (Å²) in [4.78, 5) is 12.9. The van der Waals surface area contributed by atoms with Gasteiger partial charge >= 0.3 is 0 Å². The van der Waals surface area contributed by atoms with E-state index in [1.165, 1.54) is 32.4 Å². The van der Waals surface area contributed by atoms with Crippen LogP contribution >= 0.6 is 0 Å². The van der Waals surface area contributed by atoms with Gasteiger partial charge in [0, 0.05) is 12.5 Å². The average molecular weight is 183 g/mol. The smallest absolute Gasteiger partial charge is 0.124 e. The lowest BCUT2D eigenvalue weighted by atomic mass is 10.0. The van der Waals surface area contributed by atoms with E-state index in [4.69, 9.17) is 0 Å². The molecular formula is C11H21NO. The summed E-state index contributed by atoms with van der Waals surface area (Å²) in [5.74, 6) is 1.07. The summed E-state index contributed by atoms with van der Waals surface area (Å²) in [6.07, 6.45) is 5.01. The van der Waals surface area contributed by atoms with Gasteiger partial charge in [-0.25, -0.2) is 0 Å². The Labute approximate surface area is 81.3 Å². The van der Waals surface area contributed by atoms with E-state index in [0.717, 1.165) is 18.7 Å². The van der Waals surface area contributed by atoms with Crippen molar-refractivity contribution < 1.29 is 4.79 Å². The summed E-state index contributed by atoms with van der Waals surface area (Å²) in [7, 11) is 0. The molecule has 1 fully saturated rings. The highest BCUT2D eigenvalue weighted by molar-refractivity contribution is 5.52. The normalized spacial score (nSPS) is 28.0. The molecule has 2 nitrogen and oxygen atoms in total. The lowest BCUT2D eigenvalue weighted by Gasteiger charge is -2.21. The molecule has 0 spiro atoms. The molecule has 2 atom stereocenters. The molecule has 1 heterocycles. The largest absolute Gasteiger partial charge is 0.303 e. The molecule has 76 valence electrons. The number of carbonyl (C=O) groups excluding carboxylic acids is 1. The predicted molar refractivity (Wildman–Crippen MR) is 54.7 cm³/mol. The van der Waals surface area contributed by atoms with E-state index in [9.17, 15) is 4.79 Å². The first-order chi connectivity index (χ1) is 6.22. The number of hydrogen-bond donors (Lipinski definition) is 0. The van der Waals surface area contributed by atoms with E-state index in [1.54, 1.807) is 0 Å². The van der Waals surface area contributed by atoms with Crippen LogP contribution in [0.1, 0.15) is 33.1 Å². The fourth-order valence-electron chi connectivity index (χ4n) is 1.96. The Kier molecular flexibility index (Phi) is 4.43. The average Bonchev–Trinajstić information content (AvgIpc) is 2.31. The van der Waals surface area contributed by atoms with Crippen molar-refractivity contribution in [2.45, 2.75) is 33.1 Å². The van der Waals surface area contributed by atoms with Crippen LogP contribution in [-0.2, 0) is 4.79 Å². The summed E-state index contributed by atoms with van der Waals surface area (Å²) < 4.78 is 0. The van der Waals surface area contributed by atoms with Crippen molar-refractivity contribution >= 4 is 6.29 Å². The molecule has 0 radical (unpaired) electrons. The fraction of sp³-hybridized carbons (Fsp3) is 0.909. The van der Waals surface area contributed by atoms with Gasteiger partial charge in [0.15, 0.2) is 0 Å². The molecule has 0 aromatic heterocycles. The monoisotopic (exact) mass is 183 g/mol. The number of likely N-dealkylation sites (tertiary alicyclic amines) is 1. The maximum absolute atomic E-state index is 10.5. The second kappa shape index (κ2) is 5.38. The zero-order valence-electron chi connectivity index (χ0n) is 8.83. The van der Waals surface area contributed by atoms with Crippen LogP contribution in [0.2, 0.25) is 0 Å². The molecular weight excluding hydrogens is 162 g/mol. The van der Waals surface area contributed by atoms with Gasteiger partial charge in [0.25, 0.3) is 0 Å². The first-order valence-electron chi connectivity index (χ1n) is 5.40. The third kappa shape index (κ3) is 3.90. The molecule has 0 bridgehead atoms. The summed E-state index contributed by atoms with van der Waals surface area (Å²) >= 11 is 0. The number of nitrogens with zero attached hydrogens (tertiary/aromatic N) is 1. The molecule has 0 aliphatic carbocycles. The van der Waals surface area contributed by atoms with Crippen LogP contribution in [0, 0.1) is 11.8 Å². The van der Waals surface area contributed by atoms with Gasteiger partial charge in [-0.1, -0.05) is 13.8 Å². The highest BCUT2D eigenvalue weighted by Crippen LogP contribution is 2.16. The molecule has 1 aliphatic heterocycles. The number of carbonyl (C=O) groups is 1. The molecule has 0 saturated carbocycles. The molecule has 1 aliphatic rings. The first kappa shape index (κ1) is 10.7. The Morgan fingerprint density at radius 1 is 1.46 bits per heavy atom. The zero-order chi connectivity index (χ0) is 9.68. The van der Waals surface area contributed by atoms with Crippen LogP contribution in [0.5, 0.6) is 0 Å². The minimum absolute atomic E-state index is 0.202. The first-order valence-corrected chi connectivity index (χ1v) is 5.40. The van der Waals surface area contributed by atoms with E-state index in [0.29, 0.717) is 0 Å². The molecule has 2 heteroatoms. The van der Waals surface area contributed by atoms with Gasteiger partial charge in [0.1, 0.15) is 6.29 Å². The van der Waals surface area contributed by atoms with Crippen molar-refractivity contribution in [1.29, 1.82) is 0 Å². The van der Waals surface area contributed by atoms with Crippen molar-refractivity contribution in [2.75, 3.05) is 19.6 Å². The summed E-state index contributed by atoms with van der Waals surface area (Å²) in [6, 6.07) is 0. The summed E-state index contributed by atoms with van der Waals surface area (Å²) in [5.41, 5.74) is 0. The molecule has 2 unspecified atom stereocenters. The molecule has 0 N–H and O–H groups in total. The van der Waals surface area contributed by atoms with E-state index < -0.39 is 0 Å². The molecule has 1 saturated heterocycles. The van der Waals surface area contributed by atoms with Crippen molar-refractivity contribution in [3.63, 3.8) is 0 Å². The van der Waals surface area contributed by atoms with Crippen LogP contribution in [0.15, 0.2) is 0 Å². The maximum atomic E-state index is 10.5. The summed E-state index contributed by atoms with van der Waals surface area (Å²) in [5, 5.41) is 0. The van der Waals surface area contributed by atoms with Gasteiger partial charge in [-0.15, -0.1) is 0 Å². The van der Waals surface area contributed by atoms with Crippen LogP contribution in [0.4, 0.5) is 0 Å². The highest BCUT2D eigenvalue weighted by Gasteiger charge is 2.15. The number of hydrogen-bond acceptors (Lipinski definition) is 2. The van der Waals surface area contributed by atoms with Crippen LogP contribution in [-0.4, -0.2) is 30.8 Å². The molecule has 1 rings (SSSR count). The summed E-state index contributed by atoms with van der Waals surface area (Å²) in [6.45, 7) is 7.64. The SMILES string of the molecule is CC(C=O)CN1CCCC(C)CC1. The van der Waals surface area contributed by atoms with Gasteiger partial charge in [0.2, 0.25) is 0 Å². The second-order valence-corrected chi connectivity index (χ2v) is 4.45. The Morgan fingerprint density at radius 3 is 2.92 bits per heavy atom. The second-order valence-electron chi connectivity index (χ2n) is 4.45. The Balaban J connectivity index is 2.29. The predicted octanol–water partition coefficient (Wildman–Crippen LogP) is 1.94. The molecule has 0 aromatic carbocycles. The minimum Gasteiger partial charge on any atom is -0.303 e.